The molecule has 8 heteroatoms. The summed E-state index contributed by atoms with van der Waals surface area (Å²) in [6, 6.07) is 7.23. The first kappa shape index (κ1) is 22.4. The first-order valence-corrected chi connectivity index (χ1v) is 11.3. The molecule has 32 heavy (non-hydrogen) atoms. The number of hydrogen-bond donors (Lipinski definition) is 2. The number of rotatable bonds is 8. The van der Waals surface area contributed by atoms with E-state index in [0.29, 0.717) is 45.3 Å². The Morgan fingerprint density at radius 2 is 1.94 bits per heavy atom. The number of H-pyrrole nitrogens is 1. The minimum absolute atomic E-state index is 0.163. The van der Waals surface area contributed by atoms with Gasteiger partial charge in [-0.2, -0.15) is 0 Å². The van der Waals surface area contributed by atoms with Crippen molar-refractivity contribution < 1.29 is 14.3 Å². The Balaban J connectivity index is 1.49. The first-order chi connectivity index (χ1) is 15.5. The fourth-order valence-corrected chi connectivity index (χ4v) is 4.55. The van der Waals surface area contributed by atoms with Crippen LogP contribution in [-0.2, 0) is 9.53 Å². The molecule has 0 radical (unpaired) electrons. The number of fused-ring (bicyclic) bond motifs is 1. The third-order valence-electron chi connectivity index (χ3n) is 6.32. The van der Waals surface area contributed by atoms with Crippen LogP contribution in [0.25, 0.3) is 11.0 Å². The lowest BCUT2D eigenvalue weighted by Gasteiger charge is -2.29. The second-order valence-electron chi connectivity index (χ2n) is 8.37. The molecule has 1 aliphatic carbocycles. The molecule has 2 heterocycles. The summed E-state index contributed by atoms with van der Waals surface area (Å²) < 4.78 is 5.14. The number of carbonyl (C=O) groups is 2. The third-order valence-corrected chi connectivity index (χ3v) is 6.65. The van der Waals surface area contributed by atoms with Crippen molar-refractivity contribution in [2.24, 2.45) is 5.92 Å². The van der Waals surface area contributed by atoms with Gasteiger partial charge in [-0.3, -0.25) is 9.59 Å². The van der Waals surface area contributed by atoms with Crippen LogP contribution in [0.4, 0.5) is 5.82 Å². The maximum absolute atomic E-state index is 13.2. The molecular weight excluding hydrogens is 428 g/mol. The summed E-state index contributed by atoms with van der Waals surface area (Å²) >= 11 is 6.25. The predicted molar refractivity (Wildman–Crippen MR) is 124 cm³/mol. The van der Waals surface area contributed by atoms with Crippen LogP contribution in [0, 0.1) is 5.92 Å². The monoisotopic (exact) mass is 454 g/mol. The van der Waals surface area contributed by atoms with E-state index in [1.165, 1.54) is 6.33 Å². The first-order valence-electron chi connectivity index (χ1n) is 10.9. The molecule has 0 amide bonds. The zero-order valence-corrected chi connectivity index (χ0v) is 19.0. The Morgan fingerprint density at radius 3 is 2.66 bits per heavy atom. The van der Waals surface area contributed by atoms with Gasteiger partial charge in [-0.1, -0.05) is 23.7 Å². The number of anilines is 1. The maximum atomic E-state index is 13.2. The van der Waals surface area contributed by atoms with Crippen LogP contribution in [0.2, 0.25) is 5.02 Å². The highest BCUT2D eigenvalue weighted by Gasteiger charge is 2.26. The number of aromatic amines is 1. The Bertz CT molecular complexity index is 1120. The van der Waals surface area contributed by atoms with E-state index in [9.17, 15) is 9.59 Å². The van der Waals surface area contributed by atoms with Crippen molar-refractivity contribution in [3.05, 3.63) is 52.9 Å². The summed E-state index contributed by atoms with van der Waals surface area (Å²) in [6.07, 6.45) is 7.17. The molecule has 0 aliphatic heterocycles. The van der Waals surface area contributed by atoms with Gasteiger partial charge in [0.25, 0.3) is 0 Å². The van der Waals surface area contributed by atoms with E-state index in [2.05, 4.69) is 20.3 Å². The molecule has 0 saturated heterocycles. The topological polar surface area (TPSA) is 97.0 Å². The van der Waals surface area contributed by atoms with Crippen molar-refractivity contribution in [3.8, 4) is 0 Å². The number of hydrogen-bond acceptors (Lipinski definition) is 6. The lowest BCUT2D eigenvalue weighted by molar-refractivity contribution is -0.129. The van der Waals surface area contributed by atoms with Crippen LogP contribution in [0.1, 0.15) is 54.9 Å². The van der Waals surface area contributed by atoms with Crippen molar-refractivity contribution >= 4 is 40.0 Å². The van der Waals surface area contributed by atoms with Gasteiger partial charge in [-0.15, -0.1) is 0 Å². The van der Waals surface area contributed by atoms with E-state index in [-0.39, 0.29) is 23.7 Å². The molecule has 1 fully saturated rings. The van der Waals surface area contributed by atoms with Gasteiger partial charge in [0.15, 0.2) is 11.6 Å². The molecule has 0 spiro atoms. The minimum Gasteiger partial charge on any atom is -0.374 e. The van der Waals surface area contributed by atoms with Crippen molar-refractivity contribution in [1.82, 2.24) is 15.0 Å². The molecule has 2 aromatic heterocycles. The quantitative estimate of drug-likeness (QED) is 0.474. The zero-order valence-electron chi connectivity index (χ0n) is 18.2. The average Bonchev–Trinajstić information content (AvgIpc) is 3.25. The lowest BCUT2D eigenvalue weighted by Crippen LogP contribution is -2.29. The Kier molecular flexibility index (Phi) is 6.86. The second-order valence-corrected chi connectivity index (χ2v) is 8.77. The number of Topliss-reactive ketones (excluding diaryl/α,β-unsaturated/α-hetero) is 1. The number of carbonyl (C=O) groups excluding carboxylic acids is 2. The highest BCUT2D eigenvalue weighted by atomic mass is 35.5. The van der Waals surface area contributed by atoms with Crippen LogP contribution in [-0.4, -0.2) is 45.8 Å². The van der Waals surface area contributed by atoms with Crippen molar-refractivity contribution in [3.63, 3.8) is 0 Å². The van der Waals surface area contributed by atoms with Gasteiger partial charge in [-0.25, -0.2) is 9.97 Å². The van der Waals surface area contributed by atoms with Crippen molar-refractivity contribution in [2.45, 2.75) is 51.2 Å². The van der Waals surface area contributed by atoms with Gasteiger partial charge in [0.2, 0.25) is 0 Å². The molecule has 1 aliphatic rings. The molecule has 0 unspecified atom stereocenters. The molecule has 1 atom stereocenters. The smallest absolute Gasteiger partial charge is 0.196 e. The summed E-state index contributed by atoms with van der Waals surface area (Å²) in [7, 11) is 1.57. The fourth-order valence-electron chi connectivity index (χ4n) is 4.33. The minimum atomic E-state index is -0.345. The molecule has 4 rings (SSSR count). The van der Waals surface area contributed by atoms with Crippen LogP contribution in [0.15, 0.2) is 36.8 Å². The largest absolute Gasteiger partial charge is 0.374 e. The normalized spacial score (nSPS) is 19.6. The standard InChI is InChI=1S/C24H27ClN4O3/c1-14(32-2)20(30)11-15-7-9-16(10-8-15)29-24-21-18(12-26-23(21)27-13-28-24)22(31)17-5-3-4-6-19(17)25/h3-6,12-16H,7-11H2,1-2H3,(H2,26,27,28,29)/t14-,15?,16?/m0/s1. The molecule has 1 saturated carbocycles. The maximum Gasteiger partial charge on any atom is 0.196 e. The van der Waals surface area contributed by atoms with E-state index in [1.54, 1.807) is 44.5 Å². The number of aromatic nitrogens is 3. The van der Waals surface area contributed by atoms with Gasteiger partial charge >= 0.3 is 0 Å². The number of methoxy groups -OCH3 is 1. The van der Waals surface area contributed by atoms with E-state index in [4.69, 9.17) is 16.3 Å². The highest BCUT2D eigenvalue weighted by molar-refractivity contribution is 6.35. The Hall–Kier alpha value is -2.77. The molecule has 1 aromatic carbocycles. The number of ether oxygens (including phenoxy) is 1. The van der Waals surface area contributed by atoms with Crippen LogP contribution < -0.4 is 5.32 Å². The Labute approximate surface area is 191 Å². The summed E-state index contributed by atoms with van der Waals surface area (Å²) in [5.74, 6) is 1.01. The molecule has 168 valence electrons. The number of nitrogens with one attached hydrogen (secondary N) is 2. The summed E-state index contributed by atoms with van der Waals surface area (Å²) in [6.45, 7) is 1.80. The number of benzene rings is 1. The van der Waals surface area contributed by atoms with Gasteiger partial charge in [-0.05, 0) is 50.7 Å². The zero-order chi connectivity index (χ0) is 22.7. The van der Waals surface area contributed by atoms with Gasteiger partial charge < -0.3 is 15.0 Å². The average molecular weight is 455 g/mol. The highest BCUT2D eigenvalue weighted by Crippen LogP contribution is 2.32. The lowest BCUT2D eigenvalue weighted by atomic mass is 9.82. The van der Waals surface area contributed by atoms with E-state index < -0.39 is 0 Å². The molecule has 7 nitrogen and oxygen atoms in total. The number of halogens is 1. The van der Waals surface area contributed by atoms with Gasteiger partial charge in [0, 0.05) is 31.3 Å². The summed E-state index contributed by atoms with van der Waals surface area (Å²) in [5.41, 5.74) is 1.54. The van der Waals surface area contributed by atoms with Crippen molar-refractivity contribution in [2.75, 3.05) is 12.4 Å². The molecule has 2 N–H and O–H groups in total. The second kappa shape index (κ2) is 9.79. The van der Waals surface area contributed by atoms with E-state index >= 15 is 0 Å². The number of ketones is 2. The summed E-state index contributed by atoms with van der Waals surface area (Å²) in [4.78, 5) is 37.1. The predicted octanol–water partition coefficient (Wildman–Crippen LogP) is 4.81. The van der Waals surface area contributed by atoms with Crippen LogP contribution >= 0.6 is 11.6 Å². The fraction of sp³-hybridized carbons (Fsp3) is 0.417. The number of nitrogens with zero attached hydrogens (tertiary/aromatic N) is 2. The van der Waals surface area contributed by atoms with Crippen LogP contribution in [0.5, 0.6) is 0 Å². The van der Waals surface area contributed by atoms with Crippen LogP contribution in [0.3, 0.4) is 0 Å². The molecule has 0 bridgehead atoms. The SMILES string of the molecule is CO[C@@H](C)C(=O)CC1CCC(Nc2ncnc3[nH]cc(C(=O)c4ccccc4Cl)c23)CC1. The Morgan fingerprint density at radius 1 is 1.19 bits per heavy atom. The molecular formula is C24H27ClN4O3. The van der Waals surface area contributed by atoms with Gasteiger partial charge in [0.05, 0.1) is 16.0 Å². The third kappa shape index (κ3) is 4.69. The van der Waals surface area contributed by atoms with Gasteiger partial charge in [0.1, 0.15) is 23.9 Å². The van der Waals surface area contributed by atoms with E-state index in [0.717, 1.165) is 25.7 Å². The van der Waals surface area contributed by atoms with Crippen molar-refractivity contribution in [1.29, 1.82) is 0 Å². The summed E-state index contributed by atoms with van der Waals surface area (Å²) in [5, 5.41) is 4.59. The van der Waals surface area contributed by atoms with E-state index in [1.807, 2.05) is 0 Å². The molecule has 3 aromatic rings.